The van der Waals surface area contributed by atoms with Crippen LogP contribution in [0.25, 0.3) is 0 Å². The van der Waals surface area contributed by atoms with Gasteiger partial charge >= 0.3 is 6.18 Å². The summed E-state index contributed by atoms with van der Waals surface area (Å²) in [5.74, 6) is 0. The number of nitrogens with two attached hydrogens (primary N) is 1. The highest BCUT2D eigenvalue weighted by Crippen LogP contribution is 2.30. The van der Waals surface area contributed by atoms with Crippen molar-refractivity contribution in [1.82, 2.24) is 0 Å². The number of alkyl halides is 3. The van der Waals surface area contributed by atoms with Gasteiger partial charge in [-0.2, -0.15) is 13.2 Å². The molecule has 0 bridgehead atoms. The highest BCUT2D eigenvalue weighted by atomic mass is 19.4. The van der Waals surface area contributed by atoms with Crippen LogP contribution in [-0.4, -0.2) is 6.04 Å². The van der Waals surface area contributed by atoms with E-state index < -0.39 is 11.7 Å². The number of hydrogen-bond donors (Lipinski definition) is 1. The maximum atomic E-state index is 12.6. The summed E-state index contributed by atoms with van der Waals surface area (Å²) in [6.07, 6.45) is -2.02. The number of halogens is 3. The second kappa shape index (κ2) is 5.95. The van der Waals surface area contributed by atoms with E-state index in [4.69, 9.17) is 5.73 Å². The Kier molecular flexibility index (Phi) is 5.02. The molecule has 0 saturated heterocycles. The standard InChI is InChI=1S/C15H22F3N/c1-14(2,3)8-7-13(19)10-11-5-4-6-12(9-11)15(16,17)18/h4-6,9,13H,7-8,10,19H2,1-3H3. The van der Waals surface area contributed by atoms with Gasteiger partial charge in [-0.15, -0.1) is 0 Å². The zero-order valence-corrected chi connectivity index (χ0v) is 11.7. The SMILES string of the molecule is CC(C)(C)CCC(N)Cc1cccc(C(F)(F)F)c1. The van der Waals surface area contributed by atoms with Crippen molar-refractivity contribution in [3.05, 3.63) is 35.4 Å². The first kappa shape index (κ1) is 16.0. The van der Waals surface area contributed by atoms with E-state index >= 15 is 0 Å². The van der Waals surface area contributed by atoms with Gasteiger partial charge < -0.3 is 5.73 Å². The van der Waals surface area contributed by atoms with Gasteiger partial charge in [0.25, 0.3) is 0 Å². The van der Waals surface area contributed by atoms with Crippen LogP contribution in [0, 0.1) is 5.41 Å². The lowest BCUT2D eigenvalue weighted by Gasteiger charge is -2.21. The third-order valence-corrected chi connectivity index (χ3v) is 3.02. The minimum Gasteiger partial charge on any atom is -0.327 e. The van der Waals surface area contributed by atoms with Gasteiger partial charge in [-0.3, -0.25) is 0 Å². The van der Waals surface area contributed by atoms with Crippen molar-refractivity contribution in [2.24, 2.45) is 11.1 Å². The summed E-state index contributed by atoms with van der Waals surface area (Å²) in [5.41, 5.74) is 6.24. The van der Waals surface area contributed by atoms with Crippen LogP contribution in [0.4, 0.5) is 13.2 Å². The first-order valence-corrected chi connectivity index (χ1v) is 6.50. The van der Waals surface area contributed by atoms with Crippen molar-refractivity contribution in [2.75, 3.05) is 0 Å². The van der Waals surface area contributed by atoms with Gasteiger partial charge in [-0.05, 0) is 36.3 Å². The number of hydrogen-bond acceptors (Lipinski definition) is 1. The van der Waals surface area contributed by atoms with Crippen LogP contribution in [0.5, 0.6) is 0 Å². The van der Waals surface area contributed by atoms with Crippen LogP contribution in [0.2, 0.25) is 0 Å². The monoisotopic (exact) mass is 273 g/mol. The fourth-order valence-corrected chi connectivity index (χ4v) is 1.90. The normalized spacial score (nSPS) is 14.5. The quantitative estimate of drug-likeness (QED) is 0.864. The van der Waals surface area contributed by atoms with E-state index in [1.54, 1.807) is 6.07 Å². The van der Waals surface area contributed by atoms with E-state index in [9.17, 15) is 13.2 Å². The first-order valence-electron chi connectivity index (χ1n) is 6.50. The summed E-state index contributed by atoms with van der Waals surface area (Å²) < 4.78 is 37.7. The van der Waals surface area contributed by atoms with Crippen molar-refractivity contribution < 1.29 is 13.2 Å². The Balaban J connectivity index is 2.62. The molecule has 0 fully saturated rings. The van der Waals surface area contributed by atoms with E-state index in [2.05, 4.69) is 20.8 Å². The lowest BCUT2D eigenvalue weighted by Crippen LogP contribution is -2.25. The molecule has 0 amide bonds. The molecule has 0 aliphatic heterocycles. The first-order chi connectivity index (χ1) is 8.58. The summed E-state index contributed by atoms with van der Waals surface area (Å²) in [6.45, 7) is 6.39. The number of benzene rings is 1. The Morgan fingerprint density at radius 2 is 1.79 bits per heavy atom. The van der Waals surface area contributed by atoms with E-state index in [1.165, 1.54) is 12.1 Å². The van der Waals surface area contributed by atoms with E-state index in [1.807, 2.05) is 0 Å². The molecule has 0 radical (unpaired) electrons. The largest absolute Gasteiger partial charge is 0.416 e. The molecule has 0 heterocycles. The maximum absolute atomic E-state index is 12.6. The molecule has 0 aliphatic carbocycles. The van der Waals surface area contributed by atoms with Gasteiger partial charge in [0.05, 0.1) is 5.56 Å². The molecule has 1 nitrogen and oxygen atoms in total. The smallest absolute Gasteiger partial charge is 0.327 e. The minimum atomic E-state index is -4.29. The predicted octanol–water partition coefficient (Wildman–Crippen LogP) is 4.40. The van der Waals surface area contributed by atoms with Crippen molar-refractivity contribution in [2.45, 2.75) is 52.3 Å². The van der Waals surface area contributed by atoms with E-state index in [0.29, 0.717) is 12.0 Å². The fraction of sp³-hybridized carbons (Fsp3) is 0.600. The Morgan fingerprint density at radius 3 is 2.32 bits per heavy atom. The summed E-state index contributed by atoms with van der Waals surface area (Å²) >= 11 is 0. The lowest BCUT2D eigenvalue weighted by molar-refractivity contribution is -0.137. The van der Waals surface area contributed by atoms with Crippen molar-refractivity contribution in [3.8, 4) is 0 Å². The molecule has 0 saturated carbocycles. The third-order valence-electron chi connectivity index (χ3n) is 3.02. The minimum absolute atomic E-state index is 0.0947. The molecule has 108 valence electrons. The summed E-state index contributed by atoms with van der Waals surface area (Å²) in [5, 5.41) is 0. The van der Waals surface area contributed by atoms with Crippen LogP contribution in [0.15, 0.2) is 24.3 Å². The van der Waals surface area contributed by atoms with Gasteiger partial charge in [0.1, 0.15) is 0 Å². The highest BCUT2D eigenvalue weighted by molar-refractivity contribution is 5.26. The Morgan fingerprint density at radius 1 is 1.16 bits per heavy atom. The zero-order valence-electron chi connectivity index (χ0n) is 11.7. The van der Waals surface area contributed by atoms with Crippen molar-refractivity contribution in [3.63, 3.8) is 0 Å². The van der Waals surface area contributed by atoms with Crippen LogP contribution < -0.4 is 5.73 Å². The predicted molar refractivity (Wildman–Crippen MR) is 71.8 cm³/mol. The molecule has 1 aromatic rings. The molecule has 4 heteroatoms. The van der Waals surface area contributed by atoms with Gasteiger partial charge in [0.2, 0.25) is 0 Å². The van der Waals surface area contributed by atoms with Gasteiger partial charge in [0, 0.05) is 6.04 Å². The lowest BCUT2D eigenvalue weighted by atomic mass is 9.87. The summed E-state index contributed by atoms with van der Waals surface area (Å²) in [6, 6.07) is 5.32. The molecule has 19 heavy (non-hydrogen) atoms. The second-order valence-electron chi connectivity index (χ2n) is 6.26. The molecule has 0 aromatic heterocycles. The Hall–Kier alpha value is -1.03. The third kappa shape index (κ3) is 6.10. The molecular weight excluding hydrogens is 251 g/mol. The molecule has 1 aromatic carbocycles. The van der Waals surface area contributed by atoms with Crippen LogP contribution in [-0.2, 0) is 12.6 Å². The average Bonchev–Trinajstić information content (AvgIpc) is 2.25. The van der Waals surface area contributed by atoms with Gasteiger partial charge in [-0.25, -0.2) is 0 Å². The molecule has 1 atom stereocenters. The molecule has 2 N–H and O–H groups in total. The molecule has 0 aliphatic rings. The topological polar surface area (TPSA) is 26.0 Å². The van der Waals surface area contributed by atoms with Crippen LogP contribution >= 0.6 is 0 Å². The van der Waals surface area contributed by atoms with E-state index in [-0.39, 0.29) is 11.5 Å². The Bertz CT molecular complexity index is 405. The van der Waals surface area contributed by atoms with Crippen LogP contribution in [0.1, 0.15) is 44.7 Å². The maximum Gasteiger partial charge on any atom is 0.416 e. The van der Waals surface area contributed by atoms with Crippen molar-refractivity contribution in [1.29, 1.82) is 0 Å². The second-order valence-corrected chi connectivity index (χ2v) is 6.26. The summed E-state index contributed by atoms with van der Waals surface area (Å²) in [7, 11) is 0. The number of rotatable bonds is 4. The molecule has 1 rings (SSSR count). The summed E-state index contributed by atoms with van der Waals surface area (Å²) in [4.78, 5) is 0. The van der Waals surface area contributed by atoms with Gasteiger partial charge in [-0.1, -0.05) is 39.0 Å². The zero-order chi connectivity index (χ0) is 14.7. The highest BCUT2D eigenvalue weighted by Gasteiger charge is 2.30. The van der Waals surface area contributed by atoms with Crippen molar-refractivity contribution >= 4 is 0 Å². The van der Waals surface area contributed by atoms with Gasteiger partial charge in [0.15, 0.2) is 0 Å². The van der Waals surface area contributed by atoms with Crippen LogP contribution in [0.3, 0.4) is 0 Å². The Labute approximate surface area is 113 Å². The molecule has 1 unspecified atom stereocenters. The fourth-order valence-electron chi connectivity index (χ4n) is 1.90. The molecular formula is C15H22F3N. The molecule has 0 spiro atoms. The average molecular weight is 273 g/mol. The van der Waals surface area contributed by atoms with E-state index in [0.717, 1.165) is 18.9 Å².